The zero-order valence-corrected chi connectivity index (χ0v) is 18.6. The van der Waals surface area contributed by atoms with Crippen LogP contribution in [0.3, 0.4) is 0 Å². The van der Waals surface area contributed by atoms with Crippen molar-refractivity contribution in [3.63, 3.8) is 0 Å². The van der Waals surface area contributed by atoms with Crippen molar-refractivity contribution in [2.75, 3.05) is 14.1 Å². The van der Waals surface area contributed by atoms with Crippen molar-refractivity contribution in [1.82, 2.24) is 29.8 Å². The largest absolute Gasteiger partial charge is 0.333 e. The Labute approximate surface area is 188 Å². The van der Waals surface area contributed by atoms with Crippen LogP contribution in [0, 0.1) is 0 Å². The van der Waals surface area contributed by atoms with E-state index in [1.54, 1.807) is 0 Å². The Kier molecular flexibility index (Phi) is 5.81. The molecule has 0 aliphatic heterocycles. The number of hydrogen-bond donors (Lipinski definition) is 0. The van der Waals surface area contributed by atoms with Gasteiger partial charge in [-0.25, -0.2) is 0 Å². The molecule has 0 radical (unpaired) electrons. The molecular weight excluding hydrogens is 400 g/mol. The van der Waals surface area contributed by atoms with Gasteiger partial charge in [0.2, 0.25) is 5.82 Å². The molecule has 3 heterocycles. The van der Waals surface area contributed by atoms with Gasteiger partial charge in [0.1, 0.15) is 0 Å². The highest BCUT2D eigenvalue weighted by atomic mass is 16.5. The molecule has 0 spiro atoms. The summed E-state index contributed by atoms with van der Waals surface area (Å²) in [6.07, 6.45) is 11.6. The quantitative estimate of drug-likeness (QED) is 0.419. The molecule has 1 aliphatic carbocycles. The third-order valence-corrected chi connectivity index (χ3v) is 6.04. The summed E-state index contributed by atoms with van der Waals surface area (Å²) < 4.78 is 7.88. The number of benzene rings is 1. The summed E-state index contributed by atoms with van der Waals surface area (Å²) in [6, 6.07) is 12.7. The summed E-state index contributed by atoms with van der Waals surface area (Å²) in [5.41, 5.74) is 5.13. The molecule has 1 aromatic carbocycles. The summed E-state index contributed by atoms with van der Waals surface area (Å²) >= 11 is 0. The Balaban J connectivity index is 1.50. The first-order valence-corrected chi connectivity index (χ1v) is 11.2. The van der Waals surface area contributed by atoms with Gasteiger partial charge in [-0.1, -0.05) is 48.7 Å². The Morgan fingerprint density at radius 2 is 1.72 bits per heavy atom. The summed E-state index contributed by atoms with van der Waals surface area (Å²) in [5, 5.41) is 9.04. The Morgan fingerprint density at radius 3 is 2.44 bits per heavy atom. The predicted molar refractivity (Wildman–Crippen MR) is 124 cm³/mol. The molecule has 0 unspecified atom stereocenters. The summed E-state index contributed by atoms with van der Waals surface area (Å²) in [6.45, 7) is 0.896. The van der Waals surface area contributed by atoms with Crippen molar-refractivity contribution in [3.8, 4) is 34.1 Å². The normalized spacial score (nSPS) is 14.8. The second-order valence-corrected chi connectivity index (χ2v) is 8.74. The van der Waals surface area contributed by atoms with Crippen LogP contribution in [-0.2, 0) is 6.54 Å². The second kappa shape index (κ2) is 9.04. The first kappa shape index (κ1) is 20.6. The van der Waals surface area contributed by atoms with Gasteiger partial charge in [0, 0.05) is 30.1 Å². The fourth-order valence-electron chi connectivity index (χ4n) is 4.49. The van der Waals surface area contributed by atoms with E-state index < -0.39 is 0 Å². The molecule has 1 fully saturated rings. The zero-order valence-electron chi connectivity index (χ0n) is 18.6. The van der Waals surface area contributed by atoms with E-state index in [0.717, 1.165) is 41.8 Å². The van der Waals surface area contributed by atoms with E-state index in [2.05, 4.69) is 46.0 Å². The maximum Gasteiger partial charge on any atom is 0.262 e. The van der Waals surface area contributed by atoms with Crippen molar-refractivity contribution in [2.45, 2.75) is 44.7 Å². The van der Waals surface area contributed by atoms with Gasteiger partial charge in [-0.2, -0.15) is 10.1 Å². The molecular formula is C25H28N6O. The molecule has 1 saturated carbocycles. The Hall–Kier alpha value is -3.32. The SMILES string of the molecule is CN(C)Cc1ccc(-c2noc(-c3cnn(C4CCCCC4)c3-c3ccncc3)n2)cc1. The molecule has 0 bridgehead atoms. The van der Waals surface area contributed by atoms with Crippen LogP contribution in [0.1, 0.15) is 43.7 Å². The van der Waals surface area contributed by atoms with Crippen molar-refractivity contribution in [3.05, 3.63) is 60.6 Å². The van der Waals surface area contributed by atoms with Crippen LogP contribution in [0.5, 0.6) is 0 Å². The standard InChI is InChI=1S/C25H28N6O/c1-30(2)17-18-8-10-20(11-9-18)24-28-25(32-29-24)22-16-27-31(21-6-4-3-5-7-21)23(22)19-12-14-26-15-13-19/h8-16,21H,3-7,17H2,1-2H3. The highest BCUT2D eigenvalue weighted by molar-refractivity contribution is 5.77. The molecule has 1 aliphatic rings. The first-order chi connectivity index (χ1) is 15.7. The molecule has 7 heteroatoms. The molecule has 32 heavy (non-hydrogen) atoms. The lowest BCUT2D eigenvalue weighted by Gasteiger charge is -2.24. The van der Waals surface area contributed by atoms with Crippen LogP contribution in [0.2, 0.25) is 0 Å². The van der Waals surface area contributed by atoms with Crippen LogP contribution in [0.25, 0.3) is 34.1 Å². The van der Waals surface area contributed by atoms with Crippen LogP contribution >= 0.6 is 0 Å². The van der Waals surface area contributed by atoms with Crippen LogP contribution in [0.15, 0.2) is 59.5 Å². The topological polar surface area (TPSA) is 72.9 Å². The maximum atomic E-state index is 5.72. The van der Waals surface area contributed by atoms with Crippen molar-refractivity contribution < 1.29 is 4.52 Å². The van der Waals surface area contributed by atoms with E-state index in [-0.39, 0.29) is 0 Å². The van der Waals surface area contributed by atoms with E-state index >= 15 is 0 Å². The van der Waals surface area contributed by atoms with Gasteiger partial charge in [-0.3, -0.25) is 9.67 Å². The third-order valence-electron chi connectivity index (χ3n) is 6.04. The van der Waals surface area contributed by atoms with Gasteiger partial charge in [0.15, 0.2) is 0 Å². The minimum Gasteiger partial charge on any atom is -0.333 e. The molecule has 164 valence electrons. The van der Waals surface area contributed by atoms with E-state index in [4.69, 9.17) is 14.6 Å². The minimum atomic E-state index is 0.396. The molecule has 0 atom stereocenters. The maximum absolute atomic E-state index is 5.72. The van der Waals surface area contributed by atoms with Crippen molar-refractivity contribution in [1.29, 1.82) is 0 Å². The third kappa shape index (κ3) is 4.21. The number of pyridine rings is 1. The lowest BCUT2D eigenvalue weighted by molar-refractivity contribution is 0.332. The predicted octanol–water partition coefficient (Wildman–Crippen LogP) is 5.23. The molecule has 0 N–H and O–H groups in total. The number of rotatable bonds is 6. The first-order valence-electron chi connectivity index (χ1n) is 11.2. The Bertz CT molecular complexity index is 1160. The van der Waals surface area contributed by atoms with Gasteiger partial charge in [-0.05, 0) is 44.6 Å². The van der Waals surface area contributed by atoms with E-state index in [9.17, 15) is 0 Å². The zero-order chi connectivity index (χ0) is 21.9. The van der Waals surface area contributed by atoms with E-state index in [1.165, 1.54) is 24.8 Å². The highest BCUT2D eigenvalue weighted by Gasteiger charge is 2.25. The number of hydrogen-bond acceptors (Lipinski definition) is 6. The van der Waals surface area contributed by atoms with Crippen LogP contribution in [0.4, 0.5) is 0 Å². The number of aromatic nitrogens is 5. The van der Waals surface area contributed by atoms with E-state index in [0.29, 0.717) is 17.8 Å². The lowest BCUT2D eigenvalue weighted by atomic mass is 9.95. The minimum absolute atomic E-state index is 0.396. The summed E-state index contributed by atoms with van der Waals surface area (Å²) in [5.74, 6) is 1.08. The lowest BCUT2D eigenvalue weighted by Crippen LogP contribution is -2.15. The monoisotopic (exact) mass is 428 g/mol. The average Bonchev–Trinajstić information content (AvgIpc) is 3.48. The van der Waals surface area contributed by atoms with Gasteiger partial charge >= 0.3 is 0 Å². The molecule has 7 nitrogen and oxygen atoms in total. The average molecular weight is 429 g/mol. The summed E-state index contributed by atoms with van der Waals surface area (Å²) in [7, 11) is 4.13. The molecule has 0 amide bonds. The fourth-order valence-corrected chi connectivity index (χ4v) is 4.49. The van der Waals surface area contributed by atoms with Gasteiger partial charge < -0.3 is 9.42 Å². The van der Waals surface area contributed by atoms with Gasteiger partial charge in [0.25, 0.3) is 5.89 Å². The molecule has 3 aromatic heterocycles. The van der Waals surface area contributed by atoms with Crippen molar-refractivity contribution >= 4 is 0 Å². The smallest absolute Gasteiger partial charge is 0.262 e. The van der Waals surface area contributed by atoms with Gasteiger partial charge in [0.05, 0.1) is 23.5 Å². The second-order valence-electron chi connectivity index (χ2n) is 8.74. The molecule has 5 rings (SSSR count). The Morgan fingerprint density at radius 1 is 0.969 bits per heavy atom. The van der Waals surface area contributed by atoms with E-state index in [1.807, 2.05) is 42.9 Å². The molecule has 0 saturated heterocycles. The molecule has 4 aromatic rings. The van der Waals surface area contributed by atoms with Gasteiger partial charge in [-0.15, -0.1) is 0 Å². The highest BCUT2D eigenvalue weighted by Crippen LogP contribution is 2.37. The summed E-state index contributed by atoms with van der Waals surface area (Å²) in [4.78, 5) is 11.1. The van der Waals surface area contributed by atoms with Crippen molar-refractivity contribution in [2.24, 2.45) is 0 Å². The van der Waals surface area contributed by atoms with Crippen LogP contribution in [-0.4, -0.2) is 43.9 Å². The van der Waals surface area contributed by atoms with Crippen LogP contribution < -0.4 is 0 Å². The number of nitrogens with zero attached hydrogens (tertiary/aromatic N) is 6. The fraction of sp³-hybridized carbons (Fsp3) is 0.360.